The van der Waals surface area contributed by atoms with Gasteiger partial charge in [-0.25, -0.2) is 0 Å². The van der Waals surface area contributed by atoms with Crippen molar-refractivity contribution < 1.29 is 9.84 Å². The molecule has 2 rings (SSSR count). The molecule has 0 aromatic heterocycles. The second-order valence-corrected chi connectivity index (χ2v) is 5.53. The van der Waals surface area contributed by atoms with Crippen LogP contribution in [-0.4, -0.2) is 35.3 Å². The van der Waals surface area contributed by atoms with Crippen molar-refractivity contribution in [2.45, 2.75) is 39.0 Å². The highest BCUT2D eigenvalue weighted by Gasteiger charge is 2.27. The lowest BCUT2D eigenvalue weighted by Gasteiger charge is -2.39. The summed E-state index contributed by atoms with van der Waals surface area (Å²) in [4.78, 5) is 2.32. The maximum atomic E-state index is 9.95. The predicted molar refractivity (Wildman–Crippen MR) is 73.1 cm³/mol. The number of hydrogen-bond acceptors (Lipinski definition) is 3. The first-order valence-corrected chi connectivity index (χ1v) is 6.73. The van der Waals surface area contributed by atoms with Gasteiger partial charge in [0.2, 0.25) is 0 Å². The summed E-state index contributed by atoms with van der Waals surface area (Å²) in [6, 6.07) is 5.34. The van der Waals surface area contributed by atoms with Gasteiger partial charge in [0, 0.05) is 29.7 Å². The zero-order valence-electron chi connectivity index (χ0n) is 11.1. The Kier molecular flexibility index (Phi) is 4.15. The number of aromatic hydroxyl groups is 1. The van der Waals surface area contributed by atoms with Crippen molar-refractivity contribution in [2.75, 3.05) is 13.1 Å². The molecule has 0 saturated carbocycles. The zero-order chi connectivity index (χ0) is 13.3. The summed E-state index contributed by atoms with van der Waals surface area (Å²) in [5, 5.41) is 10.6. The summed E-state index contributed by atoms with van der Waals surface area (Å²) in [6.07, 6.45) is 0.440. The highest BCUT2D eigenvalue weighted by Crippen LogP contribution is 2.32. The van der Waals surface area contributed by atoms with Crippen molar-refractivity contribution in [1.29, 1.82) is 0 Å². The van der Waals surface area contributed by atoms with Crippen molar-refractivity contribution in [3.63, 3.8) is 0 Å². The number of phenols is 1. The maximum absolute atomic E-state index is 9.95. The monoisotopic (exact) mass is 269 g/mol. The van der Waals surface area contributed by atoms with Gasteiger partial charge < -0.3 is 9.84 Å². The first kappa shape index (κ1) is 13.7. The standard InChI is InChI=1S/C14H20ClNO2/c1-9-7-16(8-10(2)18-9)11(3)13-6-12(15)4-5-14(13)17/h4-6,9-11,17H,7-8H2,1-3H3/t9-,10+,11?. The highest BCUT2D eigenvalue weighted by atomic mass is 35.5. The molecule has 0 spiro atoms. The topological polar surface area (TPSA) is 32.7 Å². The number of halogens is 1. The average Bonchev–Trinajstić information content (AvgIpc) is 2.30. The molecule has 1 heterocycles. The molecule has 18 heavy (non-hydrogen) atoms. The summed E-state index contributed by atoms with van der Waals surface area (Å²) in [6.45, 7) is 7.99. The Morgan fingerprint density at radius 2 is 1.94 bits per heavy atom. The molecule has 0 bridgehead atoms. The molecule has 100 valence electrons. The second kappa shape index (κ2) is 5.47. The van der Waals surface area contributed by atoms with Gasteiger partial charge in [-0.05, 0) is 39.0 Å². The SMILES string of the molecule is CC(c1cc(Cl)ccc1O)N1C[C@@H](C)O[C@@H](C)C1. The average molecular weight is 270 g/mol. The van der Waals surface area contributed by atoms with Crippen LogP contribution in [0, 0.1) is 0 Å². The maximum Gasteiger partial charge on any atom is 0.120 e. The number of morpholine rings is 1. The summed E-state index contributed by atoms with van der Waals surface area (Å²) < 4.78 is 5.73. The first-order valence-electron chi connectivity index (χ1n) is 6.35. The summed E-state index contributed by atoms with van der Waals surface area (Å²) in [5.41, 5.74) is 0.879. The Morgan fingerprint density at radius 3 is 2.56 bits per heavy atom. The van der Waals surface area contributed by atoms with Gasteiger partial charge in [-0.1, -0.05) is 11.6 Å². The molecule has 1 aliphatic heterocycles. The fraction of sp³-hybridized carbons (Fsp3) is 0.571. The number of hydrogen-bond donors (Lipinski definition) is 1. The van der Waals surface area contributed by atoms with Crippen LogP contribution in [0.2, 0.25) is 5.02 Å². The number of nitrogens with zero attached hydrogens (tertiary/aromatic N) is 1. The molecule has 1 fully saturated rings. The molecule has 1 aromatic rings. The van der Waals surface area contributed by atoms with E-state index in [1.165, 1.54) is 0 Å². The fourth-order valence-electron chi connectivity index (χ4n) is 2.59. The third-order valence-corrected chi connectivity index (χ3v) is 3.67. The van der Waals surface area contributed by atoms with Crippen LogP contribution in [0.25, 0.3) is 0 Å². The quantitative estimate of drug-likeness (QED) is 0.895. The smallest absolute Gasteiger partial charge is 0.120 e. The van der Waals surface area contributed by atoms with Gasteiger partial charge in [0.25, 0.3) is 0 Å². The highest BCUT2D eigenvalue weighted by molar-refractivity contribution is 6.30. The molecule has 0 amide bonds. The van der Waals surface area contributed by atoms with Gasteiger partial charge in [-0.2, -0.15) is 0 Å². The molecule has 0 aliphatic carbocycles. The van der Waals surface area contributed by atoms with E-state index in [0.717, 1.165) is 18.7 Å². The van der Waals surface area contributed by atoms with E-state index in [0.29, 0.717) is 10.8 Å². The summed E-state index contributed by atoms with van der Waals surface area (Å²) >= 11 is 6.00. The molecular weight excluding hydrogens is 250 g/mol. The number of rotatable bonds is 2. The Labute approximate surface area is 113 Å². The molecule has 1 unspecified atom stereocenters. The van der Waals surface area contributed by atoms with E-state index in [1.54, 1.807) is 12.1 Å². The van der Waals surface area contributed by atoms with Crippen LogP contribution in [0.5, 0.6) is 5.75 Å². The molecular formula is C14H20ClNO2. The Morgan fingerprint density at radius 1 is 1.33 bits per heavy atom. The van der Waals surface area contributed by atoms with Crippen molar-refractivity contribution >= 4 is 11.6 Å². The number of benzene rings is 1. The van der Waals surface area contributed by atoms with Gasteiger partial charge in [-0.3, -0.25) is 4.90 Å². The van der Waals surface area contributed by atoms with E-state index in [9.17, 15) is 5.11 Å². The second-order valence-electron chi connectivity index (χ2n) is 5.09. The zero-order valence-corrected chi connectivity index (χ0v) is 11.8. The van der Waals surface area contributed by atoms with E-state index < -0.39 is 0 Å². The molecule has 1 saturated heterocycles. The predicted octanol–water partition coefficient (Wildman–Crippen LogP) is 3.22. The van der Waals surface area contributed by atoms with Gasteiger partial charge in [0.15, 0.2) is 0 Å². The van der Waals surface area contributed by atoms with Gasteiger partial charge in [0.1, 0.15) is 5.75 Å². The van der Waals surface area contributed by atoms with E-state index in [2.05, 4.69) is 25.7 Å². The Hall–Kier alpha value is -0.770. The minimum Gasteiger partial charge on any atom is -0.508 e. The first-order chi connectivity index (χ1) is 8.47. The van der Waals surface area contributed by atoms with E-state index >= 15 is 0 Å². The van der Waals surface area contributed by atoms with E-state index in [-0.39, 0.29) is 18.2 Å². The van der Waals surface area contributed by atoms with Crippen molar-refractivity contribution in [3.05, 3.63) is 28.8 Å². The van der Waals surface area contributed by atoms with Crippen LogP contribution in [0.3, 0.4) is 0 Å². The Balaban J connectivity index is 2.19. The lowest BCUT2D eigenvalue weighted by atomic mass is 10.0. The van der Waals surface area contributed by atoms with Crippen LogP contribution in [0.15, 0.2) is 18.2 Å². The molecule has 1 aromatic carbocycles. The number of ether oxygens (including phenoxy) is 1. The molecule has 3 atom stereocenters. The minimum absolute atomic E-state index is 0.137. The molecule has 1 N–H and O–H groups in total. The molecule has 0 radical (unpaired) electrons. The summed E-state index contributed by atoms with van der Waals surface area (Å²) in [5.74, 6) is 0.304. The van der Waals surface area contributed by atoms with Crippen LogP contribution >= 0.6 is 11.6 Å². The van der Waals surface area contributed by atoms with Crippen LogP contribution in [0.4, 0.5) is 0 Å². The molecule has 4 heteroatoms. The van der Waals surface area contributed by atoms with Gasteiger partial charge in [0.05, 0.1) is 12.2 Å². The van der Waals surface area contributed by atoms with Gasteiger partial charge in [-0.15, -0.1) is 0 Å². The van der Waals surface area contributed by atoms with E-state index in [1.807, 2.05) is 6.07 Å². The number of phenolic OH excluding ortho intramolecular Hbond substituents is 1. The van der Waals surface area contributed by atoms with Crippen molar-refractivity contribution in [1.82, 2.24) is 4.90 Å². The Bertz CT molecular complexity index is 414. The van der Waals surface area contributed by atoms with Crippen molar-refractivity contribution in [2.24, 2.45) is 0 Å². The van der Waals surface area contributed by atoms with Gasteiger partial charge >= 0.3 is 0 Å². The largest absolute Gasteiger partial charge is 0.508 e. The fourth-order valence-corrected chi connectivity index (χ4v) is 2.77. The molecule has 1 aliphatic rings. The minimum atomic E-state index is 0.137. The normalized spacial score (nSPS) is 27.1. The van der Waals surface area contributed by atoms with E-state index in [4.69, 9.17) is 16.3 Å². The lowest BCUT2D eigenvalue weighted by molar-refractivity contribution is -0.0791. The van der Waals surface area contributed by atoms with Crippen molar-refractivity contribution in [3.8, 4) is 5.75 Å². The summed E-state index contributed by atoms with van der Waals surface area (Å²) in [7, 11) is 0. The third-order valence-electron chi connectivity index (χ3n) is 3.44. The van der Waals surface area contributed by atoms with Crippen LogP contribution < -0.4 is 0 Å². The van der Waals surface area contributed by atoms with Crippen LogP contribution in [0.1, 0.15) is 32.4 Å². The lowest BCUT2D eigenvalue weighted by Crippen LogP contribution is -2.46. The molecule has 3 nitrogen and oxygen atoms in total. The third kappa shape index (κ3) is 2.97. The van der Waals surface area contributed by atoms with Crippen LogP contribution in [-0.2, 0) is 4.74 Å².